The molecule has 8 aromatic rings. The average Bonchev–Trinajstić information content (AvgIpc) is 3.30. The molecule has 8 rings (SSSR count). The van der Waals surface area contributed by atoms with E-state index in [0.29, 0.717) is 0 Å². The van der Waals surface area contributed by atoms with E-state index in [1.807, 2.05) is 122 Å². The van der Waals surface area contributed by atoms with Gasteiger partial charge in [0, 0.05) is 22.7 Å². The molecule has 0 fully saturated rings. The van der Waals surface area contributed by atoms with Crippen molar-refractivity contribution in [1.82, 2.24) is 15.0 Å². The first-order chi connectivity index (χ1) is 28.9. The first kappa shape index (κ1) is 38.2. The highest BCUT2D eigenvalue weighted by Crippen LogP contribution is 2.39. The van der Waals surface area contributed by atoms with Crippen LogP contribution in [0.5, 0.6) is 23.0 Å². The van der Waals surface area contributed by atoms with Gasteiger partial charge in [-0.2, -0.15) is 0 Å². The van der Waals surface area contributed by atoms with Crippen molar-refractivity contribution in [3.05, 3.63) is 176 Å². The number of benzene rings is 5. The minimum Gasteiger partial charge on any atom is -0.497 e. The molecule has 3 heterocycles. The number of methoxy groups -OCH3 is 4. The number of anilines is 6. The summed E-state index contributed by atoms with van der Waals surface area (Å²) in [6.45, 7) is 2.09. The van der Waals surface area contributed by atoms with Crippen LogP contribution >= 0.6 is 0 Å². The van der Waals surface area contributed by atoms with E-state index in [-0.39, 0.29) is 0 Å². The van der Waals surface area contributed by atoms with Gasteiger partial charge in [-0.1, -0.05) is 29.8 Å². The van der Waals surface area contributed by atoms with Crippen molar-refractivity contribution in [3.63, 3.8) is 0 Å². The van der Waals surface area contributed by atoms with E-state index >= 15 is 0 Å². The molecule has 0 bridgehead atoms. The van der Waals surface area contributed by atoms with Gasteiger partial charge in [0.05, 0.1) is 75.0 Å². The molecule has 5 aromatic carbocycles. The SMILES string of the molecule is COc1ccc(N(c2ccc(OC)cc2)c2ccc(-c3cc(-c4ccc(C)cc4)cc(-c4ccc(N(c5ccc(OC)cc5)c5ccc(OC)cc5)cn4)n3)nc2)cc1. The number of aryl methyl sites for hydroxylation is 1. The second-order valence-corrected chi connectivity index (χ2v) is 13.8. The third kappa shape index (κ3) is 8.40. The molecule has 0 aliphatic rings. The van der Waals surface area contributed by atoms with Crippen LogP contribution < -0.4 is 28.7 Å². The van der Waals surface area contributed by atoms with Crippen molar-refractivity contribution in [3.8, 4) is 56.9 Å². The molecule has 0 saturated heterocycles. The Balaban J connectivity index is 1.17. The zero-order valence-electron chi connectivity index (χ0n) is 33.5. The van der Waals surface area contributed by atoms with Gasteiger partial charge in [-0.3, -0.25) is 9.97 Å². The summed E-state index contributed by atoms with van der Waals surface area (Å²) in [6, 6.07) is 52.7. The monoisotopic (exact) mass is 777 g/mol. The fourth-order valence-electron chi connectivity index (χ4n) is 6.86. The molecule has 0 amide bonds. The van der Waals surface area contributed by atoms with Gasteiger partial charge in [0.25, 0.3) is 0 Å². The van der Waals surface area contributed by atoms with E-state index in [2.05, 4.69) is 65.3 Å². The first-order valence-electron chi connectivity index (χ1n) is 19.1. The molecular weight excluding hydrogens is 735 g/mol. The Morgan fingerprint density at radius 2 is 0.661 bits per heavy atom. The highest BCUT2D eigenvalue weighted by molar-refractivity contribution is 5.80. The summed E-state index contributed by atoms with van der Waals surface area (Å²) < 4.78 is 21.8. The maximum atomic E-state index is 5.44. The van der Waals surface area contributed by atoms with Gasteiger partial charge in [-0.05, 0) is 152 Å². The molecule has 0 saturated carbocycles. The molecule has 0 aliphatic carbocycles. The topological polar surface area (TPSA) is 82.1 Å². The minimum atomic E-state index is 0.731. The van der Waals surface area contributed by atoms with Gasteiger partial charge < -0.3 is 28.7 Å². The fraction of sp³-hybridized carbons (Fsp3) is 0.100. The molecule has 0 spiro atoms. The number of pyridine rings is 3. The van der Waals surface area contributed by atoms with Crippen LogP contribution in [0.15, 0.2) is 170 Å². The van der Waals surface area contributed by atoms with Crippen LogP contribution in [0.25, 0.3) is 33.9 Å². The van der Waals surface area contributed by atoms with Gasteiger partial charge in [-0.15, -0.1) is 0 Å². The summed E-state index contributed by atoms with van der Waals surface area (Å²) in [6.07, 6.45) is 3.76. The maximum absolute atomic E-state index is 5.44. The summed E-state index contributed by atoms with van der Waals surface area (Å²) in [5, 5.41) is 0. The lowest BCUT2D eigenvalue weighted by molar-refractivity contribution is 0.414. The number of nitrogens with zero attached hydrogens (tertiary/aromatic N) is 5. The molecule has 0 N–H and O–H groups in total. The Kier molecular flexibility index (Phi) is 11.2. The van der Waals surface area contributed by atoms with Crippen LogP contribution in [0.4, 0.5) is 34.1 Å². The zero-order chi connectivity index (χ0) is 40.7. The van der Waals surface area contributed by atoms with Gasteiger partial charge in [0.15, 0.2) is 0 Å². The molecule has 9 heteroatoms. The Morgan fingerprint density at radius 3 is 0.949 bits per heavy atom. The second-order valence-electron chi connectivity index (χ2n) is 13.8. The van der Waals surface area contributed by atoms with Gasteiger partial charge in [0.1, 0.15) is 23.0 Å². The lowest BCUT2D eigenvalue weighted by atomic mass is 10.0. The normalized spacial score (nSPS) is 10.8. The van der Waals surface area contributed by atoms with Gasteiger partial charge in [-0.25, -0.2) is 4.98 Å². The summed E-state index contributed by atoms with van der Waals surface area (Å²) >= 11 is 0. The summed E-state index contributed by atoms with van der Waals surface area (Å²) in [7, 11) is 6.66. The largest absolute Gasteiger partial charge is 0.497 e. The van der Waals surface area contributed by atoms with Crippen LogP contribution in [-0.4, -0.2) is 43.4 Å². The predicted molar refractivity (Wildman–Crippen MR) is 236 cm³/mol. The van der Waals surface area contributed by atoms with Gasteiger partial charge in [0.2, 0.25) is 0 Å². The van der Waals surface area contributed by atoms with Crippen molar-refractivity contribution >= 4 is 34.1 Å². The molecule has 0 aliphatic heterocycles. The molecule has 292 valence electrons. The molecule has 0 radical (unpaired) electrons. The predicted octanol–water partition coefficient (Wildman–Crippen LogP) is 12.2. The molecule has 59 heavy (non-hydrogen) atoms. The molecule has 3 aromatic heterocycles. The lowest BCUT2D eigenvalue weighted by Crippen LogP contribution is -2.10. The van der Waals surface area contributed by atoms with Crippen molar-refractivity contribution < 1.29 is 18.9 Å². The lowest BCUT2D eigenvalue weighted by Gasteiger charge is -2.25. The number of ether oxygens (including phenoxy) is 4. The van der Waals surface area contributed by atoms with Crippen molar-refractivity contribution in [2.24, 2.45) is 0 Å². The van der Waals surface area contributed by atoms with Crippen LogP contribution in [-0.2, 0) is 0 Å². The number of hydrogen-bond donors (Lipinski definition) is 0. The quantitative estimate of drug-likeness (QED) is 0.114. The molecule has 0 atom stereocenters. The Morgan fingerprint density at radius 1 is 0.339 bits per heavy atom. The van der Waals surface area contributed by atoms with Crippen molar-refractivity contribution in [2.45, 2.75) is 6.92 Å². The standard InChI is InChI=1S/C50H43N5O4/c1-34-6-8-35(9-7-34)36-30-49(47-28-18-41(32-51-47)54(37-10-20-43(56-2)21-11-37)38-12-22-44(57-3)23-13-38)53-50(31-36)48-29-19-42(33-52-48)55(39-14-24-45(58-4)25-15-39)40-16-26-46(59-5)27-17-40/h6-33H,1-5H3. The van der Waals surface area contributed by atoms with Crippen LogP contribution in [0.1, 0.15) is 5.56 Å². The number of rotatable bonds is 13. The van der Waals surface area contributed by atoms with E-state index in [1.54, 1.807) is 28.4 Å². The third-order valence-corrected chi connectivity index (χ3v) is 10.1. The van der Waals surface area contributed by atoms with E-state index in [4.69, 9.17) is 33.9 Å². The first-order valence-corrected chi connectivity index (χ1v) is 19.1. The maximum Gasteiger partial charge on any atom is 0.119 e. The summed E-state index contributed by atoms with van der Waals surface area (Å²) in [4.78, 5) is 19.5. The molecule has 9 nitrogen and oxygen atoms in total. The third-order valence-electron chi connectivity index (χ3n) is 10.1. The molecular formula is C50H43N5O4. The zero-order valence-corrected chi connectivity index (χ0v) is 33.5. The smallest absolute Gasteiger partial charge is 0.119 e. The van der Waals surface area contributed by atoms with Crippen molar-refractivity contribution in [1.29, 1.82) is 0 Å². The fourth-order valence-corrected chi connectivity index (χ4v) is 6.86. The highest BCUT2D eigenvalue weighted by atomic mass is 16.5. The minimum absolute atomic E-state index is 0.731. The number of hydrogen-bond acceptors (Lipinski definition) is 9. The number of aromatic nitrogens is 3. The molecule has 0 unspecified atom stereocenters. The second kappa shape index (κ2) is 17.2. The van der Waals surface area contributed by atoms with Crippen LogP contribution in [0.3, 0.4) is 0 Å². The Bertz CT molecular complexity index is 2360. The van der Waals surface area contributed by atoms with Crippen molar-refractivity contribution in [2.75, 3.05) is 38.2 Å². The Labute approximate surface area is 344 Å². The average molecular weight is 778 g/mol. The highest BCUT2D eigenvalue weighted by Gasteiger charge is 2.18. The van der Waals surface area contributed by atoms with E-state index in [1.165, 1.54) is 5.56 Å². The summed E-state index contributed by atoms with van der Waals surface area (Å²) in [5.41, 5.74) is 11.8. The van der Waals surface area contributed by atoms with E-state index in [9.17, 15) is 0 Å². The van der Waals surface area contributed by atoms with Gasteiger partial charge >= 0.3 is 0 Å². The van der Waals surface area contributed by atoms with Crippen LogP contribution in [0.2, 0.25) is 0 Å². The van der Waals surface area contributed by atoms with E-state index < -0.39 is 0 Å². The van der Waals surface area contributed by atoms with Crippen LogP contribution in [0, 0.1) is 6.92 Å². The Hall–Kier alpha value is -7.65. The summed E-state index contributed by atoms with van der Waals surface area (Å²) in [5.74, 6) is 3.12. The van der Waals surface area contributed by atoms with E-state index in [0.717, 1.165) is 91.0 Å².